The molecule has 0 saturated carbocycles. The molecular formula is C22H30BN7O13P3S2. The van der Waals surface area contributed by atoms with E-state index in [1.54, 1.807) is 6.92 Å². The Labute approximate surface area is 281 Å². The molecule has 5 atom stereocenters. The first kappa shape index (κ1) is 38.7. The first-order chi connectivity index (χ1) is 22.3. The van der Waals surface area contributed by atoms with Gasteiger partial charge in [-0.3, -0.25) is 9.09 Å². The highest BCUT2D eigenvalue weighted by molar-refractivity contribution is 8.77. The number of phosphoric acid groups is 3. The monoisotopic (exact) mass is 768 g/mol. The van der Waals surface area contributed by atoms with Crippen LogP contribution in [0, 0.1) is 6.92 Å². The summed E-state index contributed by atoms with van der Waals surface area (Å²) in [6.07, 6.45) is -1.54. The maximum atomic E-state index is 12.4. The van der Waals surface area contributed by atoms with E-state index < -0.39 is 54.2 Å². The predicted octanol–water partition coefficient (Wildman–Crippen LogP) is 1.50. The maximum absolute atomic E-state index is 12.4. The second-order valence-electron chi connectivity index (χ2n) is 10.5. The van der Waals surface area contributed by atoms with Crippen molar-refractivity contribution in [3.8, 4) is 11.4 Å². The van der Waals surface area contributed by atoms with Crippen LogP contribution in [0.15, 0.2) is 41.3 Å². The number of ether oxygens (including phenoxy) is 2. The maximum Gasteiger partial charge on any atom is 0.490 e. The van der Waals surface area contributed by atoms with Gasteiger partial charge in [0.2, 0.25) is 5.82 Å². The average molecular weight is 768 g/mol. The average Bonchev–Trinajstić information content (AvgIpc) is 3.35. The summed E-state index contributed by atoms with van der Waals surface area (Å²) < 4.78 is 59.7. The molecule has 1 saturated heterocycles. The zero-order valence-corrected chi connectivity index (χ0v) is 29.6. The molecule has 1 fully saturated rings. The second kappa shape index (κ2) is 15.9. The summed E-state index contributed by atoms with van der Waals surface area (Å²) in [5.74, 6) is 0.944. The van der Waals surface area contributed by atoms with Crippen LogP contribution in [-0.2, 0) is 36.3 Å². The van der Waals surface area contributed by atoms with Gasteiger partial charge in [-0.05, 0) is 17.6 Å². The number of benzene rings is 1. The van der Waals surface area contributed by atoms with Gasteiger partial charge in [0.05, 0.1) is 12.7 Å². The number of nitrogens with two attached hydrogens (primary N) is 1. The van der Waals surface area contributed by atoms with Crippen molar-refractivity contribution in [2.45, 2.75) is 50.3 Å². The molecule has 3 aromatic rings. The Morgan fingerprint density at radius 3 is 2.33 bits per heavy atom. The third-order valence-electron chi connectivity index (χ3n) is 6.03. The van der Waals surface area contributed by atoms with E-state index >= 15 is 0 Å². The standard InChI is InChI=1S/C22H30BN7O13P3S2/c1-13-26-28-20(29-27-13)14-4-6-15(7-5-14)23-22(2,3)48-47-12-39-16-10-19(30-9-8-18(24)25-21(30)31)41-17(16)11-40-45(35,36)43-46(37,38)42-44(32,33)34/h4-9,16-17,19H,10-12H2,1-3H3,(H,35,36)(H,37,38)(H2,24,25,31)(H2,32,33,34)/t16-,17?,19-/m1/s1. The summed E-state index contributed by atoms with van der Waals surface area (Å²) in [6.45, 7) is 4.92. The van der Waals surface area contributed by atoms with Gasteiger partial charge in [-0.15, -0.1) is 20.4 Å². The summed E-state index contributed by atoms with van der Waals surface area (Å²) >= 11 is 0. The molecule has 26 heteroatoms. The predicted molar refractivity (Wildman–Crippen MR) is 173 cm³/mol. The first-order valence-electron chi connectivity index (χ1n) is 13.5. The Hall–Kier alpha value is -2.07. The second-order valence-corrected chi connectivity index (χ2v) is 17.8. The van der Waals surface area contributed by atoms with Crippen LogP contribution in [0.4, 0.5) is 5.82 Å². The van der Waals surface area contributed by atoms with Crippen LogP contribution in [-0.4, -0.2) is 86.2 Å². The molecule has 48 heavy (non-hydrogen) atoms. The third kappa shape index (κ3) is 12.1. The van der Waals surface area contributed by atoms with Crippen LogP contribution in [0.25, 0.3) is 11.4 Å². The van der Waals surface area contributed by atoms with E-state index in [1.165, 1.54) is 33.9 Å². The number of hydrogen-bond acceptors (Lipinski definition) is 17. The fourth-order valence-corrected chi connectivity index (χ4v) is 9.32. The highest BCUT2D eigenvalue weighted by Gasteiger charge is 2.43. The minimum atomic E-state index is -5.72. The molecule has 0 amide bonds. The molecule has 6 N–H and O–H groups in total. The van der Waals surface area contributed by atoms with Crippen LogP contribution in [0.1, 0.15) is 32.3 Å². The number of hydrogen-bond donors (Lipinski definition) is 5. The molecule has 4 rings (SSSR count). The lowest BCUT2D eigenvalue weighted by atomic mass is 9.60. The largest absolute Gasteiger partial charge is 0.490 e. The summed E-state index contributed by atoms with van der Waals surface area (Å²) in [7, 11) is -11.8. The Kier molecular flexibility index (Phi) is 12.8. The SMILES string of the molecule is Cc1nnc(-c2ccc([B]C(C)(C)SSCO[C@@H]3C[C@H](n4ccc(N)nc4=O)OC3COP(=O)(O)OP(=O)(O)OP(=O)(O)O)cc2)nn1. The van der Waals surface area contributed by atoms with Gasteiger partial charge in [0, 0.05) is 18.2 Å². The van der Waals surface area contributed by atoms with E-state index in [-0.39, 0.29) is 22.8 Å². The molecule has 1 radical (unpaired) electrons. The fourth-order valence-electron chi connectivity index (χ4n) is 4.15. The Bertz CT molecular complexity index is 1770. The van der Waals surface area contributed by atoms with E-state index in [0.29, 0.717) is 11.6 Å². The van der Waals surface area contributed by atoms with Crippen LogP contribution in [0.2, 0.25) is 0 Å². The van der Waals surface area contributed by atoms with Gasteiger partial charge < -0.3 is 34.8 Å². The van der Waals surface area contributed by atoms with Crippen LogP contribution >= 0.6 is 45.1 Å². The number of rotatable bonds is 16. The van der Waals surface area contributed by atoms with Crippen molar-refractivity contribution in [3.05, 3.63) is 52.8 Å². The van der Waals surface area contributed by atoms with Gasteiger partial charge in [0.15, 0.2) is 13.1 Å². The van der Waals surface area contributed by atoms with Gasteiger partial charge in [-0.2, -0.15) is 13.6 Å². The lowest BCUT2D eigenvalue weighted by Crippen LogP contribution is -2.33. The van der Waals surface area contributed by atoms with Crippen LogP contribution in [0.5, 0.6) is 0 Å². The van der Waals surface area contributed by atoms with Crippen molar-refractivity contribution in [1.82, 2.24) is 29.9 Å². The lowest BCUT2D eigenvalue weighted by Gasteiger charge is -2.24. The van der Waals surface area contributed by atoms with Crippen molar-refractivity contribution >= 4 is 63.6 Å². The van der Waals surface area contributed by atoms with E-state index in [9.17, 15) is 28.3 Å². The number of aromatic nitrogens is 6. The molecule has 3 unspecified atom stereocenters. The van der Waals surface area contributed by atoms with Crippen molar-refractivity contribution in [2.75, 3.05) is 18.3 Å². The van der Waals surface area contributed by atoms with E-state index in [4.69, 9.17) is 29.5 Å². The van der Waals surface area contributed by atoms with Crippen molar-refractivity contribution in [2.24, 2.45) is 0 Å². The van der Waals surface area contributed by atoms with Gasteiger partial charge in [0.1, 0.15) is 24.1 Å². The van der Waals surface area contributed by atoms with E-state index in [0.717, 1.165) is 15.6 Å². The Morgan fingerprint density at radius 2 is 1.71 bits per heavy atom. The summed E-state index contributed by atoms with van der Waals surface area (Å²) in [5, 5.41) is 15.9. The smallest absolute Gasteiger partial charge is 0.383 e. The lowest BCUT2D eigenvalue weighted by molar-refractivity contribution is -0.0542. The highest BCUT2D eigenvalue weighted by Crippen LogP contribution is 2.66. The van der Waals surface area contributed by atoms with Crippen molar-refractivity contribution < 1.29 is 55.9 Å². The fraction of sp³-hybridized carbons (Fsp3) is 0.455. The topological polar surface area (TPSA) is 291 Å². The van der Waals surface area contributed by atoms with Gasteiger partial charge in [-0.1, -0.05) is 65.2 Å². The quantitative estimate of drug-likeness (QED) is 0.0453. The molecule has 1 aromatic carbocycles. The molecule has 0 spiro atoms. The normalized spacial score (nSPS) is 21.0. The number of nitrogen functional groups attached to an aromatic ring is 1. The third-order valence-corrected chi connectivity index (χ3v) is 12.7. The molecule has 1 aliphatic rings. The van der Waals surface area contributed by atoms with Gasteiger partial charge >= 0.3 is 29.2 Å². The summed E-state index contributed by atoms with van der Waals surface area (Å²) in [6, 6.07) is 8.90. The van der Waals surface area contributed by atoms with Gasteiger partial charge in [-0.25, -0.2) is 18.5 Å². The van der Waals surface area contributed by atoms with Crippen LogP contribution in [0.3, 0.4) is 0 Å². The van der Waals surface area contributed by atoms with Crippen molar-refractivity contribution in [3.63, 3.8) is 0 Å². The molecule has 0 bridgehead atoms. The first-order valence-corrected chi connectivity index (χ1v) is 20.3. The molecule has 3 heterocycles. The molecule has 261 valence electrons. The molecule has 0 aliphatic carbocycles. The number of anilines is 1. The summed E-state index contributed by atoms with van der Waals surface area (Å²) in [5.41, 5.74) is 6.53. The number of phosphoric ester groups is 1. The molecule has 20 nitrogen and oxygen atoms in total. The summed E-state index contributed by atoms with van der Waals surface area (Å²) in [4.78, 5) is 52.8. The Morgan fingerprint density at radius 1 is 1.04 bits per heavy atom. The Balaban J connectivity index is 1.35. The molecule has 1 aliphatic heterocycles. The van der Waals surface area contributed by atoms with E-state index in [1.807, 2.05) is 45.4 Å². The number of aryl methyl sites for hydroxylation is 1. The minimum Gasteiger partial charge on any atom is -0.383 e. The minimum absolute atomic E-state index is 0.0232. The zero-order chi connectivity index (χ0) is 35.3. The number of nitrogens with zero attached hydrogens (tertiary/aromatic N) is 6. The van der Waals surface area contributed by atoms with E-state index in [2.05, 4.69) is 34.0 Å². The molecular weight excluding hydrogens is 738 g/mol. The van der Waals surface area contributed by atoms with Crippen molar-refractivity contribution in [1.29, 1.82) is 0 Å². The van der Waals surface area contributed by atoms with Gasteiger partial charge in [0.25, 0.3) is 0 Å². The van der Waals surface area contributed by atoms with Crippen LogP contribution < -0.4 is 16.9 Å². The zero-order valence-electron chi connectivity index (χ0n) is 25.3. The molecule has 2 aromatic heterocycles. The highest BCUT2D eigenvalue weighted by atomic mass is 33.1.